The Balaban J connectivity index is 3.80. The molecular formula is C8H2F4O4. The Bertz CT molecular complexity index is 456. The van der Waals surface area contributed by atoms with Crippen molar-refractivity contribution >= 4 is 11.9 Å². The van der Waals surface area contributed by atoms with E-state index in [9.17, 15) is 27.2 Å². The summed E-state index contributed by atoms with van der Waals surface area (Å²) in [5.41, 5.74) is -3.70. The van der Waals surface area contributed by atoms with E-state index in [1.54, 1.807) is 0 Å². The monoisotopic (exact) mass is 238 g/mol. The highest BCUT2D eigenvalue weighted by atomic mass is 19.2. The van der Waals surface area contributed by atoms with Gasteiger partial charge in [-0.1, -0.05) is 0 Å². The van der Waals surface area contributed by atoms with Crippen LogP contribution in [-0.4, -0.2) is 22.2 Å². The lowest BCUT2D eigenvalue weighted by molar-refractivity contribution is 0.0677. The summed E-state index contributed by atoms with van der Waals surface area (Å²) in [5, 5.41) is 16.6. The first-order valence-electron chi connectivity index (χ1n) is 3.61. The van der Waals surface area contributed by atoms with Crippen LogP contribution in [0.25, 0.3) is 0 Å². The summed E-state index contributed by atoms with van der Waals surface area (Å²) in [5.74, 6) is -13.6. The number of rotatable bonds is 2. The highest BCUT2D eigenvalue weighted by Gasteiger charge is 2.32. The Morgan fingerprint density at radius 3 is 1.25 bits per heavy atom. The van der Waals surface area contributed by atoms with E-state index in [2.05, 4.69) is 0 Å². The fourth-order valence-electron chi connectivity index (χ4n) is 1.01. The molecule has 0 saturated heterocycles. The Morgan fingerprint density at radius 1 is 0.688 bits per heavy atom. The molecule has 0 spiro atoms. The largest absolute Gasteiger partial charge is 0.477 e. The molecule has 0 saturated carbocycles. The molecule has 0 bridgehead atoms. The maximum absolute atomic E-state index is 13.1. The third-order valence-electron chi connectivity index (χ3n) is 1.69. The molecule has 86 valence electrons. The lowest BCUT2D eigenvalue weighted by Crippen LogP contribution is -2.16. The molecule has 8 heteroatoms. The van der Waals surface area contributed by atoms with Gasteiger partial charge in [-0.05, 0) is 0 Å². The van der Waals surface area contributed by atoms with Crippen molar-refractivity contribution in [2.45, 2.75) is 0 Å². The molecule has 0 aromatic heterocycles. The van der Waals surface area contributed by atoms with Crippen molar-refractivity contribution in [3.05, 3.63) is 34.4 Å². The maximum Gasteiger partial charge on any atom is 0.341 e. The first-order chi connectivity index (χ1) is 7.29. The van der Waals surface area contributed by atoms with E-state index in [1.807, 2.05) is 0 Å². The summed E-state index contributed by atoms with van der Waals surface area (Å²) < 4.78 is 51.4. The molecule has 0 unspecified atom stereocenters. The number of hydrogen-bond acceptors (Lipinski definition) is 2. The van der Waals surface area contributed by atoms with Gasteiger partial charge in [-0.25, -0.2) is 27.2 Å². The topological polar surface area (TPSA) is 74.6 Å². The maximum atomic E-state index is 13.1. The Kier molecular flexibility index (Phi) is 2.84. The average Bonchev–Trinajstić information content (AvgIpc) is 2.13. The summed E-state index contributed by atoms with van der Waals surface area (Å²) in [7, 11) is 0. The second-order valence-electron chi connectivity index (χ2n) is 2.62. The van der Waals surface area contributed by atoms with E-state index in [0.29, 0.717) is 0 Å². The number of carbonyl (C=O) groups is 2. The molecule has 0 heterocycles. The van der Waals surface area contributed by atoms with Gasteiger partial charge in [0.05, 0.1) is 0 Å². The molecule has 1 aromatic carbocycles. The van der Waals surface area contributed by atoms with Gasteiger partial charge in [-0.3, -0.25) is 0 Å². The molecule has 4 nitrogen and oxygen atoms in total. The second kappa shape index (κ2) is 3.80. The van der Waals surface area contributed by atoms with Crippen molar-refractivity contribution in [3.8, 4) is 0 Å². The molecule has 1 aromatic rings. The molecule has 0 radical (unpaired) electrons. The van der Waals surface area contributed by atoms with Crippen molar-refractivity contribution in [1.29, 1.82) is 0 Å². The van der Waals surface area contributed by atoms with E-state index in [0.717, 1.165) is 0 Å². The predicted octanol–water partition coefficient (Wildman–Crippen LogP) is 1.64. The third-order valence-corrected chi connectivity index (χ3v) is 1.69. The minimum absolute atomic E-state index is 1.85. The van der Waals surface area contributed by atoms with Gasteiger partial charge in [0.15, 0.2) is 23.3 Å². The predicted molar refractivity (Wildman–Crippen MR) is 40.2 cm³/mol. The van der Waals surface area contributed by atoms with Crippen LogP contribution in [0, 0.1) is 23.3 Å². The molecule has 1 rings (SSSR count). The van der Waals surface area contributed by atoms with Gasteiger partial charge >= 0.3 is 11.9 Å². The zero-order valence-electron chi connectivity index (χ0n) is 7.22. The quantitative estimate of drug-likeness (QED) is 0.466. The lowest BCUT2D eigenvalue weighted by Gasteiger charge is -2.06. The second-order valence-corrected chi connectivity index (χ2v) is 2.62. The van der Waals surface area contributed by atoms with E-state index in [-0.39, 0.29) is 0 Å². The number of carboxylic acid groups (broad SMARTS) is 2. The van der Waals surface area contributed by atoms with Crippen LogP contribution in [0.15, 0.2) is 0 Å². The zero-order chi connectivity index (χ0) is 12.6. The van der Waals surface area contributed by atoms with Crippen molar-refractivity contribution in [1.82, 2.24) is 0 Å². The molecule has 2 N–H and O–H groups in total. The molecule has 0 aliphatic heterocycles. The molecular weight excluding hydrogens is 236 g/mol. The van der Waals surface area contributed by atoms with Crippen molar-refractivity contribution in [3.63, 3.8) is 0 Å². The van der Waals surface area contributed by atoms with Crippen LogP contribution in [0.3, 0.4) is 0 Å². The minimum Gasteiger partial charge on any atom is -0.477 e. The molecule has 0 amide bonds. The number of benzene rings is 1. The van der Waals surface area contributed by atoms with Gasteiger partial charge in [0.1, 0.15) is 11.1 Å². The molecule has 16 heavy (non-hydrogen) atoms. The normalized spacial score (nSPS) is 10.2. The summed E-state index contributed by atoms with van der Waals surface area (Å²) in [6.45, 7) is 0. The van der Waals surface area contributed by atoms with Crippen molar-refractivity contribution in [2.24, 2.45) is 0 Å². The first-order valence-corrected chi connectivity index (χ1v) is 3.61. The van der Waals surface area contributed by atoms with Gasteiger partial charge in [-0.15, -0.1) is 0 Å². The van der Waals surface area contributed by atoms with E-state index in [4.69, 9.17) is 10.2 Å². The summed E-state index contributed by atoms with van der Waals surface area (Å²) >= 11 is 0. The fourth-order valence-corrected chi connectivity index (χ4v) is 1.01. The standard InChI is InChI=1S/C8H2F4O4/c9-3-1(7(13)14)4(10)6(12)5(11)2(3)8(15)16/h(H,13,14)(H,15,16). The minimum atomic E-state index is -2.35. The van der Waals surface area contributed by atoms with Gasteiger partial charge in [0.25, 0.3) is 0 Å². The molecule has 0 aliphatic rings. The SMILES string of the molecule is O=C(O)c1c(F)c(F)c(F)c(C(=O)O)c1F. The number of carboxylic acids is 2. The number of hydrogen-bond donors (Lipinski definition) is 2. The lowest BCUT2D eigenvalue weighted by atomic mass is 10.1. The smallest absolute Gasteiger partial charge is 0.341 e. The van der Waals surface area contributed by atoms with Crippen LogP contribution in [0.2, 0.25) is 0 Å². The number of aromatic carboxylic acids is 2. The van der Waals surface area contributed by atoms with E-state index >= 15 is 0 Å². The zero-order valence-corrected chi connectivity index (χ0v) is 7.22. The van der Waals surface area contributed by atoms with Crippen LogP contribution in [-0.2, 0) is 0 Å². The van der Waals surface area contributed by atoms with Gasteiger partial charge in [0, 0.05) is 0 Å². The molecule has 0 atom stereocenters. The van der Waals surface area contributed by atoms with Crippen LogP contribution in [0.5, 0.6) is 0 Å². The van der Waals surface area contributed by atoms with E-state index in [1.165, 1.54) is 0 Å². The molecule has 0 aliphatic carbocycles. The summed E-state index contributed by atoms with van der Waals surface area (Å²) in [6.07, 6.45) is 0. The fraction of sp³-hybridized carbons (Fsp3) is 0. The average molecular weight is 238 g/mol. The van der Waals surface area contributed by atoms with E-state index < -0.39 is 46.3 Å². The summed E-state index contributed by atoms with van der Waals surface area (Å²) in [6, 6.07) is 0. The highest BCUT2D eigenvalue weighted by Crippen LogP contribution is 2.24. The first kappa shape index (κ1) is 12.0. The van der Waals surface area contributed by atoms with Crippen molar-refractivity contribution in [2.75, 3.05) is 0 Å². The Labute approximate surface area is 84.7 Å². The van der Waals surface area contributed by atoms with Crippen LogP contribution in [0.4, 0.5) is 17.6 Å². The van der Waals surface area contributed by atoms with Gasteiger partial charge in [-0.2, -0.15) is 0 Å². The van der Waals surface area contributed by atoms with Gasteiger partial charge in [0.2, 0.25) is 0 Å². The van der Waals surface area contributed by atoms with Gasteiger partial charge < -0.3 is 10.2 Å². The summed E-state index contributed by atoms with van der Waals surface area (Å²) in [4.78, 5) is 20.6. The number of halogens is 4. The Hall–Kier alpha value is -2.12. The van der Waals surface area contributed by atoms with Crippen LogP contribution < -0.4 is 0 Å². The van der Waals surface area contributed by atoms with Crippen LogP contribution in [0.1, 0.15) is 20.7 Å². The molecule has 0 fully saturated rings. The highest BCUT2D eigenvalue weighted by molar-refractivity contribution is 5.94. The van der Waals surface area contributed by atoms with Crippen LogP contribution >= 0.6 is 0 Å². The Morgan fingerprint density at radius 2 is 1.00 bits per heavy atom. The third kappa shape index (κ3) is 1.58. The van der Waals surface area contributed by atoms with Crippen molar-refractivity contribution < 1.29 is 37.4 Å².